The van der Waals surface area contributed by atoms with Crippen LogP contribution >= 0.6 is 0 Å². The summed E-state index contributed by atoms with van der Waals surface area (Å²) < 4.78 is 0. The Kier molecular flexibility index (Phi) is 2.59. The Bertz CT molecular complexity index is 589. The topological polar surface area (TPSA) is 56.0 Å². The standard InChI is InChI=1S/C15H14N2O/c16-15(18)12-5-3-4-11(14(12)10-7-8-10)13-6-1-2-9-17-13/h1-6,9-10H,7-8H2,(H2,16,18). The number of primary amides is 1. The third-order valence-electron chi connectivity index (χ3n) is 3.30. The largest absolute Gasteiger partial charge is 0.366 e. The fourth-order valence-corrected chi connectivity index (χ4v) is 2.34. The second kappa shape index (κ2) is 4.26. The molecule has 1 saturated carbocycles. The first-order valence-electron chi connectivity index (χ1n) is 6.11. The molecule has 0 bridgehead atoms. The van der Waals surface area contributed by atoms with Crippen LogP contribution in [-0.4, -0.2) is 10.9 Å². The molecule has 1 aliphatic carbocycles. The van der Waals surface area contributed by atoms with Crippen LogP contribution in [0.2, 0.25) is 0 Å². The van der Waals surface area contributed by atoms with Crippen molar-refractivity contribution in [3.8, 4) is 11.3 Å². The molecule has 0 unspecified atom stereocenters. The summed E-state index contributed by atoms with van der Waals surface area (Å²) in [6, 6.07) is 11.5. The Hall–Kier alpha value is -2.16. The average Bonchev–Trinajstić information content (AvgIpc) is 3.23. The van der Waals surface area contributed by atoms with Crippen LogP contribution in [0.1, 0.15) is 34.7 Å². The van der Waals surface area contributed by atoms with Crippen molar-refractivity contribution in [1.29, 1.82) is 0 Å². The molecule has 18 heavy (non-hydrogen) atoms. The molecule has 1 aromatic carbocycles. The summed E-state index contributed by atoms with van der Waals surface area (Å²) in [5.41, 5.74) is 9.12. The molecule has 3 rings (SSSR count). The quantitative estimate of drug-likeness (QED) is 0.893. The Balaban J connectivity index is 2.20. The Morgan fingerprint density at radius 2 is 2.00 bits per heavy atom. The van der Waals surface area contributed by atoms with Crippen LogP contribution < -0.4 is 5.73 Å². The van der Waals surface area contributed by atoms with Crippen molar-refractivity contribution in [2.45, 2.75) is 18.8 Å². The molecule has 1 amide bonds. The second-order valence-corrected chi connectivity index (χ2v) is 4.62. The lowest BCUT2D eigenvalue weighted by Crippen LogP contribution is -2.14. The minimum absolute atomic E-state index is 0.352. The number of hydrogen-bond acceptors (Lipinski definition) is 2. The van der Waals surface area contributed by atoms with E-state index in [1.165, 1.54) is 0 Å². The van der Waals surface area contributed by atoms with Crippen molar-refractivity contribution >= 4 is 5.91 Å². The van der Waals surface area contributed by atoms with E-state index in [-0.39, 0.29) is 5.91 Å². The minimum Gasteiger partial charge on any atom is -0.366 e. The molecule has 1 fully saturated rings. The number of amides is 1. The van der Waals surface area contributed by atoms with Gasteiger partial charge in [-0.1, -0.05) is 18.2 Å². The third kappa shape index (κ3) is 1.88. The summed E-state index contributed by atoms with van der Waals surface area (Å²) in [7, 11) is 0. The molecule has 1 aromatic heterocycles. The van der Waals surface area contributed by atoms with Crippen molar-refractivity contribution in [3.63, 3.8) is 0 Å². The molecule has 1 heterocycles. The fraction of sp³-hybridized carbons (Fsp3) is 0.200. The van der Waals surface area contributed by atoms with E-state index in [2.05, 4.69) is 4.98 Å². The zero-order valence-corrected chi connectivity index (χ0v) is 9.97. The van der Waals surface area contributed by atoms with E-state index >= 15 is 0 Å². The summed E-state index contributed by atoms with van der Waals surface area (Å²) in [6.45, 7) is 0. The lowest BCUT2D eigenvalue weighted by atomic mass is 9.94. The first-order valence-corrected chi connectivity index (χ1v) is 6.11. The van der Waals surface area contributed by atoms with Gasteiger partial charge in [0, 0.05) is 17.3 Å². The number of benzene rings is 1. The Morgan fingerprint density at radius 1 is 1.17 bits per heavy atom. The first-order chi connectivity index (χ1) is 8.77. The first kappa shape index (κ1) is 11.0. The maximum atomic E-state index is 11.5. The van der Waals surface area contributed by atoms with E-state index in [0.29, 0.717) is 11.5 Å². The van der Waals surface area contributed by atoms with Gasteiger partial charge in [-0.3, -0.25) is 9.78 Å². The van der Waals surface area contributed by atoms with Crippen molar-refractivity contribution in [2.24, 2.45) is 5.73 Å². The highest BCUT2D eigenvalue weighted by Gasteiger charge is 2.30. The third-order valence-corrected chi connectivity index (χ3v) is 3.30. The van der Waals surface area contributed by atoms with Gasteiger partial charge in [0.25, 0.3) is 0 Å². The van der Waals surface area contributed by atoms with Crippen LogP contribution in [0.25, 0.3) is 11.3 Å². The summed E-state index contributed by atoms with van der Waals surface area (Å²) in [5.74, 6) is 0.111. The Labute approximate surface area is 106 Å². The lowest BCUT2D eigenvalue weighted by molar-refractivity contribution is 0.0999. The maximum Gasteiger partial charge on any atom is 0.249 e. The normalized spacial score (nSPS) is 14.4. The van der Waals surface area contributed by atoms with Gasteiger partial charge in [-0.25, -0.2) is 0 Å². The summed E-state index contributed by atoms with van der Waals surface area (Å²) in [4.78, 5) is 15.9. The van der Waals surface area contributed by atoms with Crippen LogP contribution in [0, 0.1) is 0 Å². The fourth-order valence-electron chi connectivity index (χ4n) is 2.34. The van der Waals surface area contributed by atoms with Crippen LogP contribution in [0.15, 0.2) is 42.6 Å². The second-order valence-electron chi connectivity index (χ2n) is 4.62. The van der Waals surface area contributed by atoms with Crippen LogP contribution in [0.3, 0.4) is 0 Å². The van der Waals surface area contributed by atoms with Crippen LogP contribution in [-0.2, 0) is 0 Å². The van der Waals surface area contributed by atoms with Crippen molar-refractivity contribution < 1.29 is 4.79 Å². The smallest absolute Gasteiger partial charge is 0.249 e. The van der Waals surface area contributed by atoms with Gasteiger partial charge in [0.15, 0.2) is 0 Å². The van der Waals surface area contributed by atoms with E-state index < -0.39 is 0 Å². The lowest BCUT2D eigenvalue weighted by Gasteiger charge is -2.11. The Morgan fingerprint density at radius 3 is 2.61 bits per heavy atom. The molecule has 0 radical (unpaired) electrons. The van der Waals surface area contributed by atoms with Gasteiger partial charge < -0.3 is 5.73 Å². The molecule has 3 nitrogen and oxygen atoms in total. The van der Waals surface area contributed by atoms with Gasteiger partial charge in [-0.2, -0.15) is 0 Å². The number of pyridine rings is 1. The van der Waals surface area contributed by atoms with Crippen molar-refractivity contribution in [1.82, 2.24) is 4.98 Å². The van der Waals surface area contributed by atoms with Gasteiger partial charge in [-0.05, 0) is 42.5 Å². The monoisotopic (exact) mass is 238 g/mol. The number of nitrogens with zero attached hydrogens (tertiary/aromatic N) is 1. The van der Waals surface area contributed by atoms with Gasteiger partial charge >= 0.3 is 0 Å². The summed E-state index contributed by atoms with van der Waals surface area (Å²) in [6.07, 6.45) is 4.03. The predicted molar refractivity (Wildman–Crippen MR) is 70.2 cm³/mol. The van der Waals surface area contributed by atoms with E-state index in [1.807, 2.05) is 36.4 Å². The molecule has 2 N–H and O–H groups in total. The zero-order valence-electron chi connectivity index (χ0n) is 9.97. The molecule has 1 aliphatic rings. The number of nitrogens with two attached hydrogens (primary N) is 1. The number of carbonyl (C=O) groups is 1. The SMILES string of the molecule is NC(=O)c1cccc(-c2ccccn2)c1C1CC1. The molecule has 0 saturated heterocycles. The summed E-state index contributed by atoms with van der Waals surface area (Å²) in [5, 5.41) is 0. The van der Waals surface area contributed by atoms with E-state index in [1.54, 1.807) is 6.20 Å². The van der Waals surface area contributed by atoms with Crippen molar-refractivity contribution in [3.05, 3.63) is 53.7 Å². The van der Waals surface area contributed by atoms with E-state index in [4.69, 9.17) is 5.73 Å². The molecule has 0 aliphatic heterocycles. The predicted octanol–water partition coefficient (Wildman–Crippen LogP) is 2.72. The van der Waals surface area contributed by atoms with Gasteiger partial charge in [0.1, 0.15) is 0 Å². The van der Waals surface area contributed by atoms with Crippen LogP contribution in [0.4, 0.5) is 0 Å². The van der Waals surface area contributed by atoms with E-state index in [9.17, 15) is 4.79 Å². The number of rotatable bonds is 3. The van der Waals surface area contributed by atoms with Gasteiger partial charge in [0.05, 0.1) is 5.69 Å². The highest BCUT2D eigenvalue weighted by molar-refractivity contribution is 5.96. The molecule has 2 aromatic rings. The van der Waals surface area contributed by atoms with Crippen LogP contribution in [0.5, 0.6) is 0 Å². The molecule has 3 heteroatoms. The van der Waals surface area contributed by atoms with Crippen molar-refractivity contribution in [2.75, 3.05) is 0 Å². The van der Waals surface area contributed by atoms with Gasteiger partial charge in [-0.15, -0.1) is 0 Å². The molecular weight excluding hydrogens is 224 g/mol. The molecule has 0 spiro atoms. The van der Waals surface area contributed by atoms with E-state index in [0.717, 1.165) is 29.7 Å². The highest BCUT2D eigenvalue weighted by atomic mass is 16.1. The minimum atomic E-state index is -0.352. The summed E-state index contributed by atoms with van der Waals surface area (Å²) >= 11 is 0. The molecule has 0 atom stereocenters. The highest BCUT2D eigenvalue weighted by Crippen LogP contribution is 2.45. The average molecular weight is 238 g/mol. The zero-order chi connectivity index (χ0) is 12.5. The number of carbonyl (C=O) groups excluding carboxylic acids is 1. The molecular formula is C15H14N2O. The maximum absolute atomic E-state index is 11.5. The van der Waals surface area contributed by atoms with Gasteiger partial charge in [0.2, 0.25) is 5.91 Å². The number of hydrogen-bond donors (Lipinski definition) is 1. The molecule has 90 valence electrons. The number of aromatic nitrogens is 1.